The molecule has 0 heterocycles. The zero-order chi connectivity index (χ0) is 13.8. The molecule has 0 fully saturated rings. The molecular formula is C15H15BrFNO. The number of hydrogen-bond donors (Lipinski definition) is 1. The molecule has 2 nitrogen and oxygen atoms in total. The summed E-state index contributed by atoms with van der Waals surface area (Å²) in [5.41, 5.74) is 3.17. The van der Waals surface area contributed by atoms with Gasteiger partial charge < -0.3 is 10.1 Å². The fourth-order valence-corrected chi connectivity index (χ4v) is 2.23. The summed E-state index contributed by atoms with van der Waals surface area (Å²) < 4.78 is 18.8. The van der Waals surface area contributed by atoms with Crippen LogP contribution < -0.4 is 10.1 Å². The van der Waals surface area contributed by atoms with E-state index in [9.17, 15) is 4.39 Å². The van der Waals surface area contributed by atoms with Crippen LogP contribution in [0.1, 0.15) is 11.1 Å². The summed E-state index contributed by atoms with van der Waals surface area (Å²) in [7, 11) is 1.65. The second-order valence-corrected chi connectivity index (χ2v) is 5.14. The Morgan fingerprint density at radius 1 is 1.21 bits per heavy atom. The van der Waals surface area contributed by atoms with Gasteiger partial charge in [-0.15, -0.1) is 0 Å². The van der Waals surface area contributed by atoms with Crippen molar-refractivity contribution in [3.8, 4) is 5.75 Å². The van der Waals surface area contributed by atoms with Gasteiger partial charge in [0, 0.05) is 12.2 Å². The minimum Gasteiger partial charge on any atom is -0.497 e. The van der Waals surface area contributed by atoms with E-state index in [0.29, 0.717) is 11.0 Å². The van der Waals surface area contributed by atoms with Crippen molar-refractivity contribution in [2.75, 3.05) is 12.4 Å². The van der Waals surface area contributed by atoms with Gasteiger partial charge in [0.15, 0.2) is 0 Å². The van der Waals surface area contributed by atoms with Crippen molar-refractivity contribution < 1.29 is 9.13 Å². The quantitative estimate of drug-likeness (QED) is 0.893. The van der Waals surface area contributed by atoms with Crippen LogP contribution in [0.5, 0.6) is 5.75 Å². The molecule has 4 heteroatoms. The largest absolute Gasteiger partial charge is 0.497 e. The van der Waals surface area contributed by atoms with E-state index in [1.165, 1.54) is 6.07 Å². The van der Waals surface area contributed by atoms with E-state index in [2.05, 4.69) is 21.2 Å². The molecule has 100 valence electrons. The third-order valence-electron chi connectivity index (χ3n) is 2.90. The van der Waals surface area contributed by atoms with Crippen molar-refractivity contribution in [1.82, 2.24) is 0 Å². The van der Waals surface area contributed by atoms with Crippen LogP contribution >= 0.6 is 15.9 Å². The van der Waals surface area contributed by atoms with Crippen LogP contribution in [0.15, 0.2) is 40.9 Å². The van der Waals surface area contributed by atoms with E-state index in [-0.39, 0.29) is 5.82 Å². The molecule has 0 aliphatic carbocycles. The molecule has 19 heavy (non-hydrogen) atoms. The highest BCUT2D eigenvalue weighted by Crippen LogP contribution is 2.22. The maximum atomic E-state index is 13.1. The monoisotopic (exact) mass is 323 g/mol. The maximum Gasteiger partial charge on any atom is 0.137 e. The summed E-state index contributed by atoms with van der Waals surface area (Å²) in [6.45, 7) is 2.66. The number of methoxy groups -OCH3 is 1. The Kier molecular flexibility index (Phi) is 4.43. The van der Waals surface area contributed by atoms with Crippen LogP contribution in [0.25, 0.3) is 0 Å². The van der Waals surface area contributed by atoms with Crippen molar-refractivity contribution in [2.45, 2.75) is 13.5 Å². The highest BCUT2D eigenvalue weighted by atomic mass is 79.9. The number of halogens is 2. The zero-order valence-electron chi connectivity index (χ0n) is 10.8. The van der Waals surface area contributed by atoms with Crippen LogP contribution in [0.4, 0.5) is 10.1 Å². The van der Waals surface area contributed by atoms with Gasteiger partial charge in [-0.3, -0.25) is 0 Å². The summed E-state index contributed by atoms with van der Waals surface area (Å²) in [6.07, 6.45) is 0. The molecule has 0 saturated heterocycles. The highest BCUT2D eigenvalue weighted by Gasteiger charge is 2.03. The minimum atomic E-state index is -0.246. The maximum absolute atomic E-state index is 13.1. The standard InChI is InChI=1S/C15H15BrFNO/c1-10-7-12(19-2)4-6-15(10)18-9-11-3-5-14(17)13(16)8-11/h3-8,18H,9H2,1-2H3. The molecule has 1 N–H and O–H groups in total. The average molecular weight is 324 g/mol. The van der Waals surface area contributed by atoms with Crippen LogP contribution in [-0.4, -0.2) is 7.11 Å². The lowest BCUT2D eigenvalue weighted by Crippen LogP contribution is -2.01. The van der Waals surface area contributed by atoms with Gasteiger partial charge in [-0.2, -0.15) is 0 Å². The van der Waals surface area contributed by atoms with Crippen molar-refractivity contribution in [1.29, 1.82) is 0 Å². The number of hydrogen-bond acceptors (Lipinski definition) is 2. The van der Waals surface area contributed by atoms with Gasteiger partial charge in [-0.25, -0.2) is 4.39 Å². The zero-order valence-corrected chi connectivity index (χ0v) is 12.4. The SMILES string of the molecule is COc1ccc(NCc2ccc(F)c(Br)c2)c(C)c1. The first-order valence-electron chi connectivity index (χ1n) is 5.92. The summed E-state index contributed by atoms with van der Waals surface area (Å²) in [4.78, 5) is 0. The lowest BCUT2D eigenvalue weighted by molar-refractivity contribution is 0.414. The number of aryl methyl sites for hydroxylation is 1. The Balaban J connectivity index is 2.07. The van der Waals surface area contributed by atoms with E-state index in [1.807, 2.05) is 25.1 Å². The van der Waals surface area contributed by atoms with Gasteiger partial charge in [-0.05, 0) is 64.3 Å². The van der Waals surface area contributed by atoms with Crippen LogP contribution in [-0.2, 0) is 6.54 Å². The van der Waals surface area contributed by atoms with Crippen LogP contribution in [0.3, 0.4) is 0 Å². The molecule has 0 spiro atoms. The Labute approximate surface area is 120 Å². The summed E-state index contributed by atoms with van der Waals surface area (Å²) in [5, 5.41) is 3.33. The van der Waals surface area contributed by atoms with Gasteiger partial charge in [0.1, 0.15) is 11.6 Å². The van der Waals surface area contributed by atoms with E-state index >= 15 is 0 Å². The fraction of sp³-hybridized carbons (Fsp3) is 0.200. The first-order chi connectivity index (χ1) is 9.10. The minimum absolute atomic E-state index is 0.246. The number of benzene rings is 2. The predicted octanol–water partition coefficient (Wildman–Crippen LogP) is 4.52. The molecule has 0 aliphatic heterocycles. The number of nitrogens with one attached hydrogen (secondary N) is 1. The molecular weight excluding hydrogens is 309 g/mol. The van der Waals surface area contributed by atoms with E-state index < -0.39 is 0 Å². The molecule has 0 bridgehead atoms. The average Bonchev–Trinajstić information content (AvgIpc) is 2.41. The molecule has 0 aromatic heterocycles. The van der Waals surface area contributed by atoms with Gasteiger partial charge >= 0.3 is 0 Å². The highest BCUT2D eigenvalue weighted by molar-refractivity contribution is 9.10. The second kappa shape index (κ2) is 6.06. The van der Waals surface area contributed by atoms with E-state index in [0.717, 1.165) is 22.6 Å². The lowest BCUT2D eigenvalue weighted by Gasteiger charge is -2.11. The smallest absolute Gasteiger partial charge is 0.137 e. The second-order valence-electron chi connectivity index (χ2n) is 4.28. The van der Waals surface area contributed by atoms with Gasteiger partial charge in [-0.1, -0.05) is 6.07 Å². The molecule has 0 amide bonds. The van der Waals surface area contributed by atoms with Gasteiger partial charge in [0.2, 0.25) is 0 Å². The third-order valence-corrected chi connectivity index (χ3v) is 3.51. The Morgan fingerprint density at radius 2 is 2.00 bits per heavy atom. The fourth-order valence-electron chi connectivity index (χ4n) is 1.81. The molecule has 2 aromatic rings. The first-order valence-corrected chi connectivity index (χ1v) is 6.72. The number of ether oxygens (including phenoxy) is 1. The molecule has 0 unspecified atom stereocenters. The number of anilines is 1. The summed E-state index contributed by atoms with van der Waals surface area (Å²) >= 11 is 3.19. The van der Waals surface area contributed by atoms with Crippen LogP contribution in [0, 0.1) is 12.7 Å². The van der Waals surface area contributed by atoms with Crippen LogP contribution in [0.2, 0.25) is 0 Å². The predicted molar refractivity (Wildman–Crippen MR) is 79.2 cm³/mol. The molecule has 2 aromatic carbocycles. The molecule has 0 atom stereocenters. The van der Waals surface area contributed by atoms with Gasteiger partial charge in [0.05, 0.1) is 11.6 Å². The van der Waals surface area contributed by atoms with Gasteiger partial charge in [0.25, 0.3) is 0 Å². The third kappa shape index (κ3) is 3.47. The van der Waals surface area contributed by atoms with E-state index in [4.69, 9.17) is 4.74 Å². The molecule has 0 radical (unpaired) electrons. The van der Waals surface area contributed by atoms with Crippen molar-refractivity contribution in [3.63, 3.8) is 0 Å². The molecule has 2 rings (SSSR count). The Hall–Kier alpha value is -1.55. The lowest BCUT2D eigenvalue weighted by atomic mass is 10.1. The van der Waals surface area contributed by atoms with Crippen molar-refractivity contribution >= 4 is 21.6 Å². The van der Waals surface area contributed by atoms with Crippen molar-refractivity contribution in [2.24, 2.45) is 0 Å². The normalized spacial score (nSPS) is 10.3. The Bertz CT molecular complexity index is 586. The molecule has 0 saturated carbocycles. The van der Waals surface area contributed by atoms with E-state index in [1.54, 1.807) is 19.2 Å². The van der Waals surface area contributed by atoms with Crippen molar-refractivity contribution in [3.05, 3.63) is 57.8 Å². The molecule has 0 aliphatic rings. The summed E-state index contributed by atoms with van der Waals surface area (Å²) in [5.74, 6) is 0.594. The topological polar surface area (TPSA) is 21.3 Å². The Morgan fingerprint density at radius 3 is 2.63 bits per heavy atom. The summed E-state index contributed by atoms with van der Waals surface area (Å²) in [6, 6.07) is 10.9. The number of rotatable bonds is 4. The first kappa shape index (κ1) is 13.9.